The van der Waals surface area contributed by atoms with Crippen LogP contribution in [0.3, 0.4) is 0 Å². The summed E-state index contributed by atoms with van der Waals surface area (Å²) < 4.78 is 0. The molecule has 1 fully saturated rings. The van der Waals surface area contributed by atoms with Gasteiger partial charge in [-0.15, -0.1) is 0 Å². The molecular formula is C14H28N4O3. The predicted octanol–water partition coefficient (Wildman–Crippen LogP) is -0.261. The van der Waals surface area contributed by atoms with Gasteiger partial charge in [0.1, 0.15) is 6.04 Å². The zero-order chi connectivity index (χ0) is 15.8. The highest BCUT2D eigenvalue weighted by Gasteiger charge is 2.28. The van der Waals surface area contributed by atoms with Gasteiger partial charge in [0.25, 0.3) is 0 Å². The largest absolute Gasteiger partial charge is 0.392 e. The van der Waals surface area contributed by atoms with Gasteiger partial charge in [-0.05, 0) is 13.3 Å². The molecule has 1 saturated heterocycles. The van der Waals surface area contributed by atoms with Crippen LogP contribution in [0.5, 0.6) is 0 Å². The lowest BCUT2D eigenvalue weighted by Crippen LogP contribution is -2.56. The SMILES string of the molecule is CCCC[C@@H](NC(N)=O)C(=O)N1CCN(C[C@@H](C)O)CC1. The third-order valence-corrected chi connectivity index (χ3v) is 3.67. The third-order valence-electron chi connectivity index (χ3n) is 3.67. The van der Waals surface area contributed by atoms with Gasteiger partial charge in [-0.25, -0.2) is 4.79 Å². The van der Waals surface area contributed by atoms with Crippen LogP contribution in [-0.2, 0) is 4.79 Å². The van der Waals surface area contributed by atoms with Crippen LogP contribution in [0.2, 0.25) is 0 Å². The van der Waals surface area contributed by atoms with E-state index < -0.39 is 12.1 Å². The first kappa shape index (κ1) is 17.7. The molecule has 1 aliphatic heterocycles. The summed E-state index contributed by atoms with van der Waals surface area (Å²) in [6.45, 7) is 7.15. The van der Waals surface area contributed by atoms with Gasteiger partial charge in [0.05, 0.1) is 6.10 Å². The van der Waals surface area contributed by atoms with Crippen LogP contribution < -0.4 is 11.1 Å². The van der Waals surface area contributed by atoms with Gasteiger partial charge < -0.3 is 21.1 Å². The van der Waals surface area contributed by atoms with Crippen molar-refractivity contribution in [3.05, 3.63) is 0 Å². The Morgan fingerprint density at radius 3 is 2.38 bits per heavy atom. The number of amides is 3. The fraction of sp³-hybridized carbons (Fsp3) is 0.857. The van der Waals surface area contributed by atoms with Gasteiger partial charge in [-0.3, -0.25) is 9.69 Å². The van der Waals surface area contributed by atoms with Crippen molar-refractivity contribution in [3.63, 3.8) is 0 Å². The molecule has 0 aromatic rings. The monoisotopic (exact) mass is 300 g/mol. The van der Waals surface area contributed by atoms with Crippen molar-refractivity contribution < 1.29 is 14.7 Å². The predicted molar refractivity (Wildman–Crippen MR) is 80.7 cm³/mol. The molecule has 1 aliphatic rings. The Labute approximate surface area is 126 Å². The highest BCUT2D eigenvalue weighted by Crippen LogP contribution is 2.09. The Morgan fingerprint density at radius 2 is 1.90 bits per heavy atom. The van der Waals surface area contributed by atoms with Gasteiger partial charge in [-0.1, -0.05) is 19.8 Å². The number of carbonyl (C=O) groups is 2. The molecule has 0 bridgehead atoms. The number of aliphatic hydroxyl groups is 1. The molecule has 0 aromatic carbocycles. The van der Waals surface area contributed by atoms with Gasteiger partial charge in [-0.2, -0.15) is 0 Å². The lowest BCUT2D eigenvalue weighted by Gasteiger charge is -2.36. The van der Waals surface area contributed by atoms with E-state index >= 15 is 0 Å². The van der Waals surface area contributed by atoms with Crippen molar-refractivity contribution in [2.45, 2.75) is 45.3 Å². The first-order valence-electron chi connectivity index (χ1n) is 7.69. The minimum Gasteiger partial charge on any atom is -0.392 e. The van der Waals surface area contributed by atoms with Crippen LogP contribution in [0.4, 0.5) is 4.79 Å². The van der Waals surface area contributed by atoms with E-state index in [0.29, 0.717) is 26.1 Å². The maximum atomic E-state index is 12.5. The molecule has 21 heavy (non-hydrogen) atoms. The average molecular weight is 300 g/mol. The number of hydrogen-bond acceptors (Lipinski definition) is 4. The van der Waals surface area contributed by atoms with E-state index in [1.807, 2.05) is 6.92 Å². The number of nitrogens with two attached hydrogens (primary N) is 1. The summed E-state index contributed by atoms with van der Waals surface area (Å²) in [5.41, 5.74) is 5.15. The molecule has 2 atom stereocenters. The van der Waals surface area contributed by atoms with Gasteiger partial charge >= 0.3 is 6.03 Å². The molecule has 0 radical (unpaired) electrons. The molecule has 1 heterocycles. The summed E-state index contributed by atoms with van der Waals surface area (Å²) in [7, 11) is 0. The molecule has 3 amide bonds. The summed E-state index contributed by atoms with van der Waals surface area (Å²) in [4.78, 5) is 27.4. The Kier molecular flexibility index (Phi) is 7.45. The molecule has 0 aromatic heterocycles. The second kappa shape index (κ2) is 8.84. The number of nitrogens with one attached hydrogen (secondary N) is 1. The van der Waals surface area contributed by atoms with Crippen molar-refractivity contribution in [3.8, 4) is 0 Å². The standard InChI is InChI=1S/C14H28N4O3/c1-3-4-5-12(16-14(15)21)13(20)18-8-6-17(7-9-18)10-11(2)19/h11-12,19H,3-10H2,1-2H3,(H3,15,16,21)/t11-,12-/m1/s1. The Balaban J connectivity index is 2.50. The van der Waals surface area contributed by atoms with E-state index in [1.54, 1.807) is 11.8 Å². The summed E-state index contributed by atoms with van der Waals surface area (Å²) in [5.74, 6) is -0.0565. The van der Waals surface area contributed by atoms with E-state index in [-0.39, 0.29) is 12.0 Å². The average Bonchev–Trinajstić information content (AvgIpc) is 2.42. The topological polar surface area (TPSA) is 98.9 Å². The normalized spacial score (nSPS) is 19.1. The smallest absolute Gasteiger partial charge is 0.312 e. The molecule has 0 spiro atoms. The van der Waals surface area contributed by atoms with Crippen LogP contribution in [0.15, 0.2) is 0 Å². The molecule has 7 heteroatoms. The third kappa shape index (κ3) is 6.31. The number of aliphatic hydroxyl groups excluding tert-OH is 1. The molecule has 0 aliphatic carbocycles. The number of primary amides is 1. The van der Waals surface area contributed by atoms with E-state index in [1.165, 1.54) is 0 Å². The number of urea groups is 1. The van der Waals surface area contributed by atoms with Gasteiger partial charge in [0.2, 0.25) is 5.91 Å². The molecule has 0 unspecified atom stereocenters. The summed E-state index contributed by atoms with van der Waals surface area (Å²) in [6, 6.07) is -1.18. The molecule has 0 saturated carbocycles. The quantitative estimate of drug-likeness (QED) is 0.603. The fourth-order valence-corrected chi connectivity index (χ4v) is 2.58. The molecule has 122 valence electrons. The molecule has 4 N–H and O–H groups in total. The Bertz CT molecular complexity index is 341. The van der Waals surface area contributed by atoms with Gasteiger partial charge in [0.15, 0.2) is 0 Å². The number of unbranched alkanes of at least 4 members (excludes halogenated alkanes) is 1. The van der Waals surface area contributed by atoms with Crippen molar-refractivity contribution in [2.75, 3.05) is 32.7 Å². The first-order valence-corrected chi connectivity index (χ1v) is 7.69. The van der Waals surface area contributed by atoms with E-state index in [0.717, 1.165) is 25.9 Å². The van der Waals surface area contributed by atoms with Crippen molar-refractivity contribution in [1.29, 1.82) is 0 Å². The number of nitrogens with zero attached hydrogens (tertiary/aromatic N) is 2. The molecular weight excluding hydrogens is 272 g/mol. The van der Waals surface area contributed by atoms with E-state index in [4.69, 9.17) is 5.73 Å². The summed E-state index contributed by atoms with van der Waals surface area (Å²) in [5, 5.41) is 11.9. The highest BCUT2D eigenvalue weighted by atomic mass is 16.3. The molecule has 7 nitrogen and oxygen atoms in total. The maximum Gasteiger partial charge on any atom is 0.312 e. The number of piperazine rings is 1. The van der Waals surface area contributed by atoms with Crippen LogP contribution in [0.25, 0.3) is 0 Å². The number of β-amino-alcohol motifs (C(OH)–C–C–N with tert-alkyl or cyclic N) is 1. The van der Waals surface area contributed by atoms with E-state index in [9.17, 15) is 14.7 Å². The Morgan fingerprint density at radius 1 is 1.29 bits per heavy atom. The van der Waals surface area contributed by atoms with Crippen molar-refractivity contribution in [2.24, 2.45) is 5.73 Å². The van der Waals surface area contributed by atoms with Crippen LogP contribution >= 0.6 is 0 Å². The maximum absolute atomic E-state index is 12.5. The first-order chi connectivity index (χ1) is 9.93. The lowest BCUT2D eigenvalue weighted by atomic mass is 10.1. The number of rotatable bonds is 7. The minimum atomic E-state index is -0.655. The van der Waals surface area contributed by atoms with Crippen molar-refractivity contribution in [1.82, 2.24) is 15.1 Å². The highest BCUT2D eigenvalue weighted by molar-refractivity contribution is 5.86. The number of carbonyl (C=O) groups excluding carboxylic acids is 2. The second-order valence-electron chi connectivity index (χ2n) is 5.68. The van der Waals surface area contributed by atoms with E-state index in [2.05, 4.69) is 10.2 Å². The number of hydrogen-bond donors (Lipinski definition) is 3. The van der Waals surface area contributed by atoms with Crippen LogP contribution in [-0.4, -0.2) is 71.7 Å². The zero-order valence-corrected chi connectivity index (χ0v) is 13.0. The summed E-state index contributed by atoms with van der Waals surface area (Å²) in [6.07, 6.45) is 2.10. The zero-order valence-electron chi connectivity index (χ0n) is 13.0. The Hall–Kier alpha value is -1.34. The lowest BCUT2D eigenvalue weighted by molar-refractivity contribution is -0.135. The minimum absolute atomic E-state index is 0.0565. The molecule has 1 rings (SSSR count). The summed E-state index contributed by atoms with van der Waals surface area (Å²) >= 11 is 0. The second-order valence-corrected chi connectivity index (χ2v) is 5.68. The fourth-order valence-electron chi connectivity index (χ4n) is 2.58. The van der Waals surface area contributed by atoms with Crippen LogP contribution in [0, 0.1) is 0 Å². The van der Waals surface area contributed by atoms with Gasteiger partial charge in [0, 0.05) is 32.7 Å². The van der Waals surface area contributed by atoms with Crippen molar-refractivity contribution >= 4 is 11.9 Å². The van der Waals surface area contributed by atoms with Crippen LogP contribution in [0.1, 0.15) is 33.1 Å².